The number of hydrogen-bond acceptors (Lipinski definition) is 3. The minimum absolute atomic E-state index is 0.513. The number of fused-ring (bicyclic) bond motifs is 2. The topological polar surface area (TPSA) is 47.1 Å². The Morgan fingerprint density at radius 3 is 3.17 bits per heavy atom. The average molecular weight is 309 g/mol. The molecule has 23 heavy (non-hydrogen) atoms. The molecule has 5 nitrogen and oxygen atoms in total. The first-order valence-corrected chi connectivity index (χ1v) is 8.38. The van der Waals surface area contributed by atoms with Gasteiger partial charge in [0.2, 0.25) is 0 Å². The van der Waals surface area contributed by atoms with Crippen molar-refractivity contribution < 1.29 is 0 Å². The zero-order chi connectivity index (χ0) is 15.8. The zero-order valence-electron chi connectivity index (χ0n) is 13.8. The van der Waals surface area contributed by atoms with Crippen LogP contribution in [0.2, 0.25) is 0 Å². The van der Waals surface area contributed by atoms with Crippen LogP contribution >= 0.6 is 0 Å². The van der Waals surface area contributed by atoms with E-state index in [1.54, 1.807) is 0 Å². The number of rotatable bonds is 4. The Morgan fingerprint density at radius 2 is 2.26 bits per heavy atom. The third-order valence-electron chi connectivity index (χ3n) is 4.69. The summed E-state index contributed by atoms with van der Waals surface area (Å²) in [6.45, 7) is 7.09. The van der Waals surface area contributed by atoms with E-state index < -0.39 is 0 Å². The lowest BCUT2D eigenvalue weighted by Gasteiger charge is -2.23. The monoisotopic (exact) mass is 309 g/mol. The highest BCUT2D eigenvalue weighted by atomic mass is 15.1. The van der Waals surface area contributed by atoms with Crippen LogP contribution in [0.1, 0.15) is 41.5 Å². The largest absolute Gasteiger partial charge is 0.334 e. The van der Waals surface area contributed by atoms with Crippen molar-refractivity contribution in [2.75, 3.05) is 6.54 Å². The molecule has 4 rings (SSSR count). The Hall–Kier alpha value is -2.14. The van der Waals surface area contributed by atoms with Gasteiger partial charge in [-0.3, -0.25) is 0 Å². The van der Waals surface area contributed by atoms with Gasteiger partial charge in [-0.15, -0.1) is 0 Å². The Kier molecular flexibility index (Phi) is 3.65. The van der Waals surface area contributed by atoms with E-state index in [-0.39, 0.29) is 0 Å². The maximum Gasteiger partial charge on any atom is 0.137 e. The van der Waals surface area contributed by atoms with Crippen molar-refractivity contribution in [2.24, 2.45) is 0 Å². The second-order valence-electron chi connectivity index (χ2n) is 6.59. The summed E-state index contributed by atoms with van der Waals surface area (Å²) in [5.74, 6) is 1.76. The van der Waals surface area contributed by atoms with E-state index in [1.165, 1.54) is 29.9 Å². The molecule has 0 aromatic carbocycles. The summed E-state index contributed by atoms with van der Waals surface area (Å²) in [4.78, 5) is 9.20. The summed E-state index contributed by atoms with van der Waals surface area (Å²) in [6, 6.07) is 4.24. The van der Waals surface area contributed by atoms with Gasteiger partial charge >= 0.3 is 0 Å². The van der Waals surface area contributed by atoms with Gasteiger partial charge in [-0.2, -0.15) is 0 Å². The summed E-state index contributed by atoms with van der Waals surface area (Å²) in [7, 11) is 0. The number of pyridine rings is 1. The minimum atomic E-state index is 0.513. The third kappa shape index (κ3) is 2.77. The standard InChI is InChI=1S/C18H23N5/c1-13-5-7-23-16(11-20-17(23)8-13)10-19-9-15-4-3-6-22-12-14(2)21-18(15)22/h5,7-8,11-12,15,19H,3-4,6,9-10H2,1-2H3/t15-/m0/s1. The van der Waals surface area contributed by atoms with E-state index in [4.69, 9.17) is 4.98 Å². The van der Waals surface area contributed by atoms with Gasteiger partial charge in [0, 0.05) is 37.9 Å². The van der Waals surface area contributed by atoms with Gasteiger partial charge in [0.1, 0.15) is 11.5 Å². The maximum absolute atomic E-state index is 4.71. The molecular formula is C18H23N5. The van der Waals surface area contributed by atoms with E-state index in [1.807, 2.05) is 6.20 Å². The Balaban J connectivity index is 1.44. The molecule has 0 radical (unpaired) electrons. The highest BCUT2D eigenvalue weighted by Gasteiger charge is 2.22. The molecule has 0 fully saturated rings. The van der Waals surface area contributed by atoms with E-state index in [2.05, 4.69) is 57.6 Å². The van der Waals surface area contributed by atoms with Crippen LogP contribution in [-0.2, 0) is 13.1 Å². The Bertz CT molecular complexity index is 829. The summed E-state index contributed by atoms with van der Waals surface area (Å²) in [5, 5.41) is 3.60. The van der Waals surface area contributed by atoms with E-state index in [9.17, 15) is 0 Å². The molecule has 0 aliphatic carbocycles. The molecule has 0 bridgehead atoms. The molecule has 5 heteroatoms. The van der Waals surface area contributed by atoms with Gasteiger partial charge in [-0.05, 0) is 44.4 Å². The molecule has 4 heterocycles. The predicted octanol–water partition coefficient (Wildman–Crippen LogP) is 2.81. The molecule has 0 amide bonds. The van der Waals surface area contributed by atoms with Crippen LogP contribution in [0, 0.1) is 13.8 Å². The van der Waals surface area contributed by atoms with Crippen LogP contribution in [0.3, 0.4) is 0 Å². The second kappa shape index (κ2) is 5.81. The number of aromatic nitrogens is 4. The molecule has 3 aromatic rings. The lowest BCUT2D eigenvalue weighted by Crippen LogP contribution is -2.26. The van der Waals surface area contributed by atoms with Gasteiger partial charge in [0.15, 0.2) is 0 Å². The van der Waals surface area contributed by atoms with Crippen molar-refractivity contribution in [1.29, 1.82) is 0 Å². The molecule has 0 saturated carbocycles. The number of imidazole rings is 2. The first-order valence-electron chi connectivity index (χ1n) is 8.38. The second-order valence-corrected chi connectivity index (χ2v) is 6.59. The lowest BCUT2D eigenvalue weighted by atomic mass is 9.99. The van der Waals surface area contributed by atoms with Crippen LogP contribution in [0.4, 0.5) is 0 Å². The van der Waals surface area contributed by atoms with Crippen molar-refractivity contribution in [3.05, 3.63) is 53.5 Å². The smallest absolute Gasteiger partial charge is 0.137 e. The highest BCUT2D eigenvalue weighted by Crippen LogP contribution is 2.26. The first-order chi connectivity index (χ1) is 11.2. The van der Waals surface area contributed by atoms with Crippen LogP contribution in [0.15, 0.2) is 30.7 Å². The van der Waals surface area contributed by atoms with Gasteiger partial charge in [-0.25, -0.2) is 9.97 Å². The fraction of sp³-hybridized carbons (Fsp3) is 0.444. The predicted molar refractivity (Wildman–Crippen MR) is 90.6 cm³/mol. The quantitative estimate of drug-likeness (QED) is 0.806. The molecular weight excluding hydrogens is 286 g/mol. The summed E-state index contributed by atoms with van der Waals surface area (Å²) >= 11 is 0. The van der Waals surface area contributed by atoms with Crippen molar-refractivity contribution >= 4 is 5.65 Å². The number of hydrogen-bond donors (Lipinski definition) is 1. The Labute approximate surface area is 136 Å². The molecule has 3 aromatic heterocycles. The van der Waals surface area contributed by atoms with Crippen LogP contribution in [0.5, 0.6) is 0 Å². The van der Waals surface area contributed by atoms with Crippen molar-refractivity contribution in [1.82, 2.24) is 24.3 Å². The number of aryl methyl sites for hydroxylation is 3. The zero-order valence-corrected chi connectivity index (χ0v) is 13.8. The van der Waals surface area contributed by atoms with E-state index >= 15 is 0 Å². The molecule has 1 atom stereocenters. The fourth-order valence-electron chi connectivity index (χ4n) is 3.54. The normalized spacial score (nSPS) is 17.6. The van der Waals surface area contributed by atoms with E-state index in [0.717, 1.165) is 31.0 Å². The van der Waals surface area contributed by atoms with Crippen molar-refractivity contribution in [3.63, 3.8) is 0 Å². The fourth-order valence-corrected chi connectivity index (χ4v) is 3.54. The average Bonchev–Trinajstić information content (AvgIpc) is 3.10. The summed E-state index contributed by atoms with van der Waals surface area (Å²) < 4.78 is 4.48. The molecule has 0 spiro atoms. The van der Waals surface area contributed by atoms with Gasteiger partial charge in [0.25, 0.3) is 0 Å². The molecule has 1 N–H and O–H groups in total. The molecule has 1 aliphatic rings. The molecule has 1 aliphatic heterocycles. The van der Waals surface area contributed by atoms with Crippen LogP contribution in [-0.4, -0.2) is 25.5 Å². The SMILES string of the molecule is Cc1ccn2c(CNC[C@@H]3CCCn4cc(C)nc43)cnc2c1. The molecule has 0 unspecified atom stereocenters. The molecule has 0 saturated heterocycles. The molecule has 120 valence electrons. The maximum atomic E-state index is 4.71. The van der Waals surface area contributed by atoms with Crippen molar-refractivity contribution in [2.45, 2.75) is 45.7 Å². The first kappa shape index (κ1) is 14.5. The van der Waals surface area contributed by atoms with Crippen molar-refractivity contribution in [3.8, 4) is 0 Å². The lowest BCUT2D eigenvalue weighted by molar-refractivity contribution is 0.422. The van der Waals surface area contributed by atoms with Gasteiger partial charge in [0.05, 0.1) is 17.6 Å². The number of nitrogens with zero attached hydrogens (tertiary/aromatic N) is 4. The third-order valence-corrected chi connectivity index (χ3v) is 4.69. The highest BCUT2D eigenvalue weighted by molar-refractivity contribution is 5.42. The minimum Gasteiger partial charge on any atom is -0.334 e. The Morgan fingerprint density at radius 1 is 1.35 bits per heavy atom. The van der Waals surface area contributed by atoms with Gasteiger partial charge < -0.3 is 14.3 Å². The summed E-state index contributed by atoms with van der Waals surface area (Å²) in [6.07, 6.45) is 8.70. The van der Waals surface area contributed by atoms with Crippen LogP contribution < -0.4 is 5.32 Å². The van der Waals surface area contributed by atoms with E-state index in [0.29, 0.717) is 5.92 Å². The number of nitrogens with one attached hydrogen (secondary N) is 1. The van der Waals surface area contributed by atoms with Gasteiger partial charge in [-0.1, -0.05) is 0 Å². The van der Waals surface area contributed by atoms with Crippen LogP contribution in [0.25, 0.3) is 5.65 Å². The summed E-state index contributed by atoms with van der Waals surface area (Å²) in [5.41, 5.74) is 4.59.